The smallest absolute Gasteiger partial charge is 0.368 e. The van der Waals surface area contributed by atoms with E-state index >= 15 is 0 Å². The van der Waals surface area contributed by atoms with Crippen LogP contribution in [0, 0.1) is 0 Å². The Hall–Kier alpha value is -2.91. The summed E-state index contributed by atoms with van der Waals surface area (Å²) in [6.45, 7) is 2.03. The van der Waals surface area contributed by atoms with Gasteiger partial charge >= 0.3 is 6.18 Å². The molecule has 0 bridgehead atoms. The van der Waals surface area contributed by atoms with Crippen molar-refractivity contribution in [1.82, 2.24) is 14.7 Å². The molecular formula is C24H22Cl2F3N5O. The number of hydrogen-bond donors (Lipinski definition) is 1. The van der Waals surface area contributed by atoms with Crippen LogP contribution in [0.15, 0.2) is 54.6 Å². The average Bonchev–Trinajstić information content (AvgIpc) is 3.27. The van der Waals surface area contributed by atoms with E-state index in [1.165, 1.54) is 6.07 Å². The Morgan fingerprint density at radius 2 is 1.69 bits per heavy atom. The lowest BCUT2D eigenvalue weighted by atomic mass is 9.97. The van der Waals surface area contributed by atoms with Crippen LogP contribution >= 0.6 is 23.2 Å². The van der Waals surface area contributed by atoms with Gasteiger partial charge in [0.2, 0.25) is 0 Å². The van der Waals surface area contributed by atoms with Crippen LogP contribution in [0.3, 0.4) is 0 Å². The summed E-state index contributed by atoms with van der Waals surface area (Å²) in [6, 6.07) is 13.1. The first-order chi connectivity index (χ1) is 16.7. The zero-order valence-electron chi connectivity index (χ0n) is 18.5. The van der Waals surface area contributed by atoms with Gasteiger partial charge in [0.25, 0.3) is 5.91 Å². The van der Waals surface area contributed by atoms with Gasteiger partial charge in [-0.05, 0) is 35.9 Å². The van der Waals surface area contributed by atoms with Gasteiger partial charge in [-0.15, -0.1) is 0 Å². The van der Waals surface area contributed by atoms with E-state index in [1.54, 1.807) is 35.2 Å². The Morgan fingerprint density at radius 1 is 0.971 bits per heavy atom. The number of carbonyl (C=O) groups is 1. The summed E-state index contributed by atoms with van der Waals surface area (Å²) in [6.07, 6.45) is -4.76. The number of fused-ring (bicyclic) bond motifs is 1. The van der Waals surface area contributed by atoms with E-state index in [9.17, 15) is 18.0 Å². The molecule has 1 N–H and O–H groups in total. The summed E-state index contributed by atoms with van der Waals surface area (Å²) >= 11 is 12.0. The maximum Gasteiger partial charge on any atom is 0.410 e. The first-order valence-electron chi connectivity index (χ1n) is 11.2. The first-order valence-corrected chi connectivity index (χ1v) is 11.9. The largest absolute Gasteiger partial charge is 0.410 e. The van der Waals surface area contributed by atoms with Crippen molar-refractivity contribution >= 4 is 40.6 Å². The third-order valence-electron chi connectivity index (χ3n) is 6.42. The van der Waals surface area contributed by atoms with Gasteiger partial charge in [-0.2, -0.15) is 18.3 Å². The molecule has 2 atom stereocenters. The molecule has 5 rings (SSSR count). The molecular weight excluding hydrogens is 502 g/mol. The third-order valence-corrected chi connectivity index (χ3v) is 6.91. The predicted octanol–water partition coefficient (Wildman–Crippen LogP) is 5.81. The summed E-state index contributed by atoms with van der Waals surface area (Å²) in [7, 11) is 0. The summed E-state index contributed by atoms with van der Waals surface area (Å²) in [4.78, 5) is 16.9. The number of alkyl halides is 3. The second kappa shape index (κ2) is 9.28. The number of aromatic nitrogens is 2. The minimum atomic E-state index is -4.52. The van der Waals surface area contributed by atoms with E-state index in [2.05, 4.69) is 15.3 Å². The lowest BCUT2D eigenvalue weighted by Crippen LogP contribution is -2.49. The highest BCUT2D eigenvalue weighted by atomic mass is 35.5. The van der Waals surface area contributed by atoms with Crippen LogP contribution in [0.1, 0.15) is 34.6 Å². The molecule has 1 fully saturated rings. The summed E-state index contributed by atoms with van der Waals surface area (Å²) < 4.78 is 42.7. The highest BCUT2D eigenvalue weighted by Gasteiger charge is 2.47. The number of nitrogens with zero attached hydrogens (tertiary/aromatic N) is 4. The number of halogens is 5. The minimum Gasteiger partial charge on any atom is -0.368 e. The zero-order valence-corrected chi connectivity index (χ0v) is 20.0. The summed E-state index contributed by atoms with van der Waals surface area (Å²) in [5.41, 5.74) is 1.64. The second-order valence-electron chi connectivity index (χ2n) is 8.66. The third kappa shape index (κ3) is 4.92. The normalized spacial score (nSPS) is 20.4. The van der Waals surface area contributed by atoms with Gasteiger partial charge in [0.15, 0.2) is 11.7 Å². The molecule has 1 aromatic heterocycles. The maximum absolute atomic E-state index is 14.0. The van der Waals surface area contributed by atoms with Gasteiger partial charge in [0.05, 0.1) is 6.04 Å². The summed E-state index contributed by atoms with van der Waals surface area (Å²) in [5.74, 6) is -0.220. The number of piperazine rings is 1. The molecule has 0 radical (unpaired) electrons. The van der Waals surface area contributed by atoms with Crippen molar-refractivity contribution < 1.29 is 18.0 Å². The molecule has 11 heteroatoms. The molecule has 35 heavy (non-hydrogen) atoms. The van der Waals surface area contributed by atoms with Gasteiger partial charge in [-0.25, -0.2) is 4.68 Å². The average molecular weight is 524 g/mol. The Balaban J connectivity index is 1.34. The van der Waals surface area contributed by atoms with Crippen LogP contribution < -0.4 is 10.2 Å². The van der Waals surface area contributed by atoms with Crippen LogP contribution in [0.5, 0.6) is 0 Å². The Bertz CT molecular complexity index is 1220. The fourth-order valence-corrected chi connectivity index (χ4v) is 4.90. The fourth-order valence-electron chi connectivity index (χ4n) is 4.59. The van der Waals surface area contributed by atoms with E-state index < -0.39 is 18.3 Å². The Labute approximate surface area is 210 Å². The number of benzene rings is 2. The molecule has 0 spiro atoms. The maximum atomic E-state index is 14.0. The molecule has 184 valence electrons. The van der Waals surface area contributed by atoms with Crippen molar-refractivity contribution in [2.24, 2.45) is 0 Å². The number of hydrogen-bond acceptors (Lipinski definition) is 4. The molecule has 2 aromatic carbocycles. The lowest BCUT2D eigenvalue weighted by Gasteiger charge is -2.35. The highest BCUT2D eigenvalue weighted by Crippen LogP contribution is 2.43. The van der Waals surface area contributed by atoms with Crippen LogP contribution in [-0.4, -0.2) is 52.9 Å². The first kappa shape index (κ1) is 23.8. The van der Waals surface area contributed by atoms with Gasteiger partial charge in [0.1, 0.15) is 5.82 Å². The number of anilines is 2. The Morgan fingerprint density at radius 3 is 2.34 bits per heavy atom. The van der Waals surface area contributed by atoms with Crippen molar-refractivity contribution in [2.45, 2.75) is 24.7 Å². The molecule has 3 heterocycles. The van der Waals surface area contributed by atoms with E-state index in [4.69, 9.17) is 23.2 Å². The number of carbonyl (C=O) groups excluding carboxylic acids is 1. The SMILES string of the molecule is O=C(c1cc2n(n1)[C@H](C(F)(F)F)C[C@H](c1ccc(Cl)cc1)N2)N1CCN(c2cccc(Cl)c2)CC1. The van der Waals surface area contributed by atoms with Crippen LogP contribution in [-0.2, 0) is 0 Å². The predicted molar refractivity (Wildman–Crippen MR) is 129 cm³/mol. The monoisotopic (exact) mass is 523 g/mol. The van der Waals surface area contributed by atoms with E-state index in [1.807, 2.05) is 18.2 Å². The van der Waals surface area contributed by atoms with Gasteiger partial charge in [-0.1, -0.05) is 41.4 Å². The zero-order chi connectivity index (χ0) is 24.7. The quantitative estimate of drug-likeness (QED) is 0.470. The van der Waals surface area contributed by atoms with E-state index in [0.717, 1.165) is 10.4 Å². The number of amides is 1. The fraction of sp³-hybridized carbons (Fsp3) is 0.333. The molecule has 0 aliphatic carbocycles. The molecule has 6 nitrogen and oxygen atoms in total. The Kier molecular flexibility index (Phi) is 6.31. The summed E-state index contributed by atoms with van der Waals surface area (Å²) in [5, 5.41) is 8.35. The number of nitrogens with one attached hydrogen (secondary N) is 1. The van der Waals surface area contributed by atoms with Gasteiger partial charge in [0, 0.05) is 54.4 Å². The minimum absolute atomic E-state index is 0.00490. The van der Waals surface area contributed by atoms with Crippen molar-refractivity contribution in [1.29, 1.82) is 0 Å². The molecule has 0 unspecified atom stereocenters. The van der Waals surface area contributed by atoms with E-state index in [0.29, 0.717) is 41.8 Å². The van der Waals surface area contributed by atoms with Crippen molar-refractivity contribution in [3.05, 3.63) is 75.9 Å². The number of rotatable bonds is 3. The topological polar surface area (TPSA) is 53.4 Å². The van der Waals surface area contributed by atoms with Crippen molar-refractivity contribution in [3.63, 3.8) is 0 Å². The standard InChI is InChI=1S/C24H22Cl2F3N5O/c25-16-6-4-15(5-7-16)19-13-21(24(27,28)29)34-22(30-19)14-20(31-34)23(35)33-10-8-32(9-11-33)18-3-1-2-17(26)12-18/h1-7,12,14,19,21,30H,8-11,13H2/t19-,21+/m1/s1. The van der Waals surface area contributed by atoms with Crippen LogP contribution in [0.4, 0.5) is 24.7 Å². The van der Waals surface area contributed by atoms with Gasteiger partial charge in [-0.3, -0.25) is 4.79 Å². The lowest BCUT2D eigenvalue weighted by molar-refractivity contribution is -0.173. The molecule has 1 amide bonds. The molecule has 2 aliphatic heterocycles. The molecule has 0 saturated carbocycles. The van der Waals surface area contributed by atoms with Crippen LogP contribution in [0.25, 0.3) is 0 Å². The molecule has 2 aliphatic rings. The highest BCUT2D eigenvalue weighted by molar-refractivity contribution is 6.31. The van der Waals surface area contributed by atoms with Crippen molar-refractivity contribution in [2.75, 3.05) is 36.4 Å². The van der Waals surface area contributed by atoms with Crippen molar-refractivity contribution in [3.8, 4) is 0 Å². The molecule has 1 saturated heterocycles. The van der Waals surface area contributed by atoms with Gasteiger partial charge < -0.3 is 15.1 Å². The van der Waals surface area contributed by atoms with E-state index in [-0.39, 0.29) is 23.8 Å². The van der Waals surface area contributed by atoms with Crippen LogP contribution in [0.2, 0.25) is 10.0 Å². The molecule has 3 aromatic rings. The second-order valence-corrected chi connectivity index (χ2v) is 9.53.